The minimum atomic E-state index is -0.917. The van der Waals surface area contributed by atoms with Crippen LogP contribution in [0, 0.1) is 6.92 Å². The number of halogens is 1. The Kier molecular flexibility index (Phi) is 4.35. The molecule has 0 aromatic heterocycles. The van der Waals surface area contributed by atoms with Gasteiger partial charge in [-0.2, -0.15) is 0 Å². The van der Waals surface area contributed by atoms with Crippen LogP contribution in [0.15, 0.2) is 18.2 Å². The highest BCUT2D eigenvalue weighted by atomic mass is 35.5. The van der Waals surface area contributed by atoms with Gasteiger partial charge in [-0.1, -0.05) is 17.7 Å². The Bertz CT molecular complexity index is 478. The van der Waals surface area contributed by atoms with E-state index in [-0.39, 0.29) is 0 Å². The third-order valence-electron chi connectivity index (χ3n) is 2.01. The number of aryl methyl sites for hydroxylation is 1. The molecule has 1 N–H and O–H groups in total. The maximum Gasteiger partial charge on any atom is 0.397 e. The molecule has 1 rings (SSSR count). The maximum absolute atomic E-state index is 11.6. The molecule has 4 nitrogen and oxygen atoms in total. The predicted molar refractivity (Wildman–Crippen MR) is 70.7 cm³/mol. The number of hydrogen-bond acceptors (Lipinski definition) is 3. The maximum atomic E-state index is 11.6. The number of hydrogen-bond donors (Lipinski definition) is 1. The number of nitrogens with one attached hydrogen (secondary N) is 1. The van der Waals surface area contributed by atoms with Crippen LogP contribution in [0.1, 0.15) is 26.3 Å². The molecule has 0 aliphatic carbocycles. The first-order valence-corrected chi connectivity index (χ1v) is 5.87. The highest BCUT2D eigenvalue weighted by Crippen LogP contribution is 2.20. The lowest BCUT2D eigenvalue weighted by Gasteiger charge is -2.18. The van der Waals surface area contributed by atoms with Crippen molar-refractivity contribution in [2.75, 3.05) is 5.32 Å². The third kappa shape index (κ3) is 4.37. The summed E-state index contributed by atoms with van der Waals surface area (Å²) in [4.78, 5) is 23.0. The SMILES string of the molecule is Cc1ccc(NC(=O)C(=O)OC(C)(C)C)cc1Cl. The van der Waals surface area contributed by atoms with Crippen LogP contribution in [0.25, 0.3) is 0 Å². The Hall–Kier alpha value is -1.55. The summed E-state index contributed by atoms with van der Waals surface area (Å²) >= 11 is 5.92. The van der Waals surface area contributed by atoms with Gasteiger partial charge in [0.1, 0.15) is 5.60 Å². The summed E-state index contributed by atoms with van der Waals surface area (Å²) in [5, 5.41) is 2.96. The number of ether oxygens (including phenoxy) is 1. The molecule has 0 aliphatic rings. The van der Waals surface area contributed by atoms with Crippen molar-refractivity contribution in [3.8, 4) is 0 Å². The standard InChI is InChI=1S/C13H16ClNO3/c1-8-5-6-9(7-10(8)14)15-11(16)12(17)18-13(2,3)4/h5-7H,1-4H3,(H,15,16). The van der Waals surface area contributed by atoms with Gasteiger partial charge in [0.15, 0.2) is 0 Å². The van der Waals surface area contributed by atoms with Crippen LogP contribution >= 0.6 is 11.6 Å². The van der Waals surface area contributed by atoms with Crippen molar-refractivity contribution in [2.45, 2.75) is 33.3 Å². The number of carbonyl (C=O) groups is 2. The van der Waals surface area contributed by atoms with Gasteiger partial charge in [0.05, 0.1) is 0 Å². The molecule has 0 heterocycles. The van der Waals surface area contributed by atoms with Gasteiger partial charge in [-0.15, -0.1) is 0 Å². The molecule has 1 amide bonds. The molecular weight excluding hydrogens is 254 g/mol. The molecule has 0 saturated carbocycles. The van der Waals surface area contributed by atoms with Crippen molar-refractivity contribution in [3.05, 3.63) is 28.8 Å². The summed E-state index contributed by atoms with van der Waals surface area (Å²) in [7, 11) is 0. The fourth-order valence-corrected chi connectivity index (χ4v) is 1.36. The molecule has 98 valence electrons. The Morgan fingerprint density at radius 2 is 1.89 bits per heavy atom. The minimum Gasteiger partial charge on any atom is -0.453 e. The Balaban J connectivity index is 2.70. The van der Waals surface area contributed by atoms with Crippen LogP contribution in [0.5, 0.6) is 0 Å². The number of anilines is 1. The fourth-order valence-electron chi connectivity index (χ4n) is 1.18. The van der Waals surface area contributed by atoms with Gasteiger partial charge in [-0.3, -0.25) is 4.79 Å². The molecule has 1 aromatic carbocycles. The van der Waals surface area contributed by atoms with E-state index in [1.165, 1.54) is 0 Å². The zero-order chi connectivity index (χ0) is 13.9. The first kappa shape index (κ1) is 14.5. The summed E-state index contributed by atoms with van der Waals surface area (Å²) in [5.74, 6) is -1.73. The average Bonchev–Trinajstić information content (AvgIpc) is 2.21. The van der Waals surface area contributed by atoms with Crippen molar-refractivity contribution in [1.29, 1.82) is 0 Å². The van der Waals surface area contributed by atoms with Gasteiger partial charge in [-0.25, -0.2) is 4.79 Å². The molecule has 5 heteroatoms. The van der Waals surface area contributed by atoms with Crippen molar-refractivity contribution in [2.24, 2.45) is 0 Å². The van der Waals surface area contributed by atoms with Gasteiger partial charge < -0.3 is 10.1 Å². The van der Waals surface area contributed by atoms with Crippen molar-refractivity contribution in [1.82, 2.24) is 0 Å². The molecule has 1 aromatic rings. The van der Waals surface area contributed by atoms with E-state index in [0.29, 0.717) is 10.7 Å². The smallest absolute Gasteiger partial charge is 0.397 e. The molecule has 0 aliphatic heterocycles. The first-order valence-electron chi connectivity index (χ1n) is 5.49. The number of esters is 1. The van der Waals surface area contributed by atoms with Crippen LogP contribution in [0.3, 0.4) is 0 Å². The second kappa shape index (κ2) is 5.40. The molecule has 0 bridgehead atoms. The Labute approximate surface area is 111 Å². The van der Waals surface area contributed by atoms with Crippen molar-refractivity contribution in [3.63, 3.8) is 0 Å². The molecular formula is C13H16ClNO3. The number of rotatable bonds is 1. The van der Waals surface area contributed by atoms with E-state index in [1.807, 2.05) is 6.92 Å². The van der Waals surface area contributed by atoms with Crippen LogP contribution in [0.4, 0.5) is 5.69 Å². The fraction of sp³-hybridized carbons (Fsp3) is 0.385. The quantitative estimate of drug-likeness (QED) is 0.630. The van der Waals surface area contributed by atoms with Gasteiger partial charge in [0.25, 0.3) is 0 Å². The van der Waals surface area contributed by atoms with E-state index in [2.05, 4.69) is 5.32 Å². The van der Waals surface area contributed by atoms with Gasteiger partial charge in [0, 0.05) is 10.7 Å². The van der Waals surface area contributed by atoms with Crippen molar-refractivity contribution >= 4 is 29.2 Å². The second-order valence-corrected chi connectivity index (χ2v) is 5.33. The molecule has 0 unspecified atom stereocenters. The Morgan fingerprint density at radius 3 is 2.39 bits per heavy atom. The lowest BCUT2D eigenvalue weighted by Crippen LogP contribution is -2.32. The zero-order valence-corrected chi connectivity index (χ0v) is 11.6. The number of amides is 1. The molecule has 0 saturated heterocycles. The van der Waals surface area contributed by atoms with E-state index >= 15 is 0 Å². The van der Waals surface area contributed by atoms with Crippen LogP contribution in [0.2, 0.25) is 5.02 Å². The summed E-state index contributed by atoms with van der Waals surface area (Å²) in [6, 6.07) is 5.01. The number of carbonyl (C=O) groups excluding carboxylic acids is 2. The van der Waals surface area contributed by atoms with Crippen molar-refractivity contribution < 1.29 is 14.3 Å². The van der Waals surface area contributed by atoms with Crippen LogP contribution in [-0.2, 0) is 14.3 Å². The van der Waals surface area contributed by atoms with Gasteiger partial charge >= 0.3 is 11.9 Å². The van der Waals surface area contributed by atoms with Gasteiger partial charge in [-0.05, 0) is 45.4 Å². The molecule has 0 atom stereocenters. The highest BCUT2D eigenvalue weighted by molar-refractivity contribution is 6.37. The van der Waals surface area contributed by atoms with E-state index in [1.54, 1.807) is 39.0 Å². The largest absolute Gasteiger partial charge is 0.453 e. The Morgan fingerprint density at radius 1 is 1.28 bits per heavy atom. The molecule has 18 heavy (non-hydrogen) atoms. The third-order valence-corrected chi connectivity index (χ3v) is 2.42. The topological polar surface area (TPSA) is 55.4 Å². The summed E-state index contributed by atoms with van der Waals surface area (Å²) in [5.41, 5.74) is 0.660. The van der Waals surface area contributed by atoms with E-state index < -0.39 is 17.5 Å². The summed E-state index contributed by atoms with van der Waals surface area (Å²) in [6.45, 7) is 6.94. The molecule has 0 radical (unpaired) electrons. The lowest BCUT2D eigenvalue weighted by atomic mass is 10.2. The summed E-state index contributed by atoms with van der Waals surface area (Å²) in [6.07, 6.45) is 0. The summed E-state index contributed by atoms with van der Waals surface area (Å²) < 4.78 is 4.94. The normalized spacial score (nSPS) is 10.9. The molecule has 0 fully saturated rings. The monoisotopic (exact) mass is 269 g/mol. The highest BCUT2D eigenvalue weighted by Gasteiger charge is 2.22. The van der Waals surface area contributed by atoms with Crippen LogP contribution in [-0.4, -0.2) is 17.5 Å². The average molecular weight is 270 g/mol. The molecule has 0 spiro atoms. The number of benzene rings is 1. The van der Waals surface area contributed by atoms with Crippen LogP contribution < -0.4 is 5.32 Å². The van der Waals surface area contributed by atoms with E-state index in [9.17, 15) is 9.59 Å². The zero-order valence-electron chi connectivity index (χ0n) is 10.8. The first-order chi connectivity index (χ1) is 8.19. The van der Waals surface area contributed by atoms with E-state index in [4.69, 9.17) is 16.3 Å². The lowest BCUT2D eigenvalue weighted by molar-refractivity contribution is -0.161. The predicted octanol–water partition coefficient (Wildman–Crippen LogP) is 2.93. The van der Waals surface area contributed by atoms with E-state index in [0.717, 1.165) is 5.56 Å². The minimum absolute atomic E-state index is 0.460. The second-order valence-electron chi connectivity index (χ2n) is 4.92. The van der Waals surface area contributed by atoms with Gasteiger partial charge in [0.2, 0.25) is 0 Å².